The van der Waals surface area contributed by atoms with Gasteiger partial charge < -0.3 is 34.5 Å². The van der Waals surface area contributed by atoms with Crippen LogP contribution in [0, 0.1) is 18.7 Å². The molecule has 0 bridgehead atoms. The molecular weight excluding hydrogens is 595 g/mol. The van der Waals surface area contributed by atoms with E-state index in [-0.39, 0.29) is 30.5 Å². The number of aromatic nitrogens is 2. The van der Waals surface area contributed by atoms with E-state index in [9.17, 15) is 14.0 Å². The summed E-state index contributed by atoms with van der Waals surface area (Å²) in [4.78, 5) is 29.7. The van der Waals surface area contributed by atoms with Crippen molar-refractivity contribution in [1.82, 2.24) is 20.2 Å². The van der Waals surface area contributed by atoms with Crippen LogP contribution in [0.3, 0.4) is 0 Å². The van der Waals surface area contributed by atoms with Crippen molar-refractivity contribution < 1.29 is 33.3 Å². The molecule has 2 aliphatic rings. The molecule has 1 aromatic carbocycles. The van der Waals surface area contributed by atoms with Crippen LogP contribution in [-0.2, 0) is 11.5 Å². The highest BCUT2D eigenvalue weighted by Crippen LogP contribution is 2.41. The van der Waals surface area contributed by atoms with Crippen LogP contribution in [-0.4, -0.2) is 67.1 Å². The van der Waals surface area contributed by atoms with Gasteiger partial charge in [-0.05, 0) is 69.5 Å². The van der Waals surface area contributed by atoms with Crippen molar-refractivity contribution in [2.45, 2.75) is 89.9 Å². The normalized spacial score (nSPS) is 18.5. The van der Waals surface area contributed by atoms with E-state index in [1.807, 2.05) is 17.6 Å². The van der Waals surface area contributed by atoms with Gasteiger partial charge in [-0.25, -0.2) is 9.18 Å². The molecule has 0 radical (unpaired) electrons. The molecule has 2 aromatic heterocycles. The summed E-state index contributed by atoms with van der Waals surface area (Å²) in [5, 5.41) is 14.8. The first kappa shape index (κ1) is 32.7. The Morgan fingerprint density at radius 2 is 1.73 bits per heavy atom. The Labute approximate surface area is 264 Å². The minimum absolute atomic E-state index is 0.0814. The van der Waals surface area contributed by atoms with Gasteiger partial charge in [0.15, 0.2) is 11.6 Å². The van der Waals surface area contributed by atoms with E-state index in [4.69, 9.17) is 24.3 Å². The molecule has 45 heavy (non-hydrogen) atoms. The first-order valence-corrected chi connectivity index (χ1v) is 19.5. The number of carboxylic acid groups (broad SMARTS) is 1. The van der Waals surface area contributed by atoms with Gasteiger partial charge in [0.2, 0.25) is 0 Å². The predicted molar refractivity (Wildman–Crippen MR) is 173 cm³/mol. The van der Waals surface area contributed by atoms with E-state index in [1.54, 1.807) is 12.3 Å². The summed E-state index contributed by atoms with van der Waals surface area (Å²) in [5.74, 6) is 0.236. The number of halogens is 1. The Balaban J connectivity index is 1.53. The quantitative estimate of drug-likeness (QED) is 0.143. The van der Waals surface area contributed by atoms with Crippen LogP contribution in [0.1, 0.15) is 54.6 Å². The smallest absolute Gasteiger partial charge is 0.404 e. The molecule has 5 rings (SSSR count). The molecule has 0 atom stereocenters. The van der Waals surface area contributed by atoms with Crippen LogP contribution in [0.4, 0.5) is 9.18 Å². The topological polar surface area (TPSA) is 124 Å². The van der Waals surface area contributed by atoms with Gasteiger partial charge in [0.25, 0.3) is 5.91 Å². The number of carbonyl (C=O) groups excluding carboxylic acids is 1. The lowest BCUT2D eigenvalue weighted by atomic mass is 9.91. The van der Waals surface area contributed by atoms with Crippen molar-refractivity contribution in [1.29, 1.82) is 0 Å². The third kappa shape index (κ3) is 7.96. The molecule has 0 saturated heterocycles. The van der Waals surface area contributed by atoms with Crippen LogP contribution >= 0.6 is 0 Å². The van der Waals surface area contributed by atoms with Gasteiger partial charge in [0.1, 0.15) is 18.0 Å². The van der Waals surface area contributed by atoms with Gasteiger partial charge in [-0.3, -0.25) is 9.78 Å². The maximum Gasteiger partial charge on any atom is 0.404 e. The molecule has 2 heterocycles. The summed E-state index contributed by atoms with van der Waals surface area (Å²) < 4.78 is 34.7. The van der Waals surface area contributed by atoms with Crippen molar-refractivity contribution >= 4 is 31.1 Å². The van der Waals surface area contributed by atoms with Gasteiger partial charge in [-0.2, -0.15) is 0 Å². The Hall–Kier alpha value is -3.64. The van der Waals surface area contributed by atoms with Gasteiger partial charge in [0, 0.05) is 55.8 Å². The standard InChI is InChI=1S/C33H45FN4O6Si/c1-20-29(32(39)36-22-8-10-23(11-9-22)37-33(40)41)30-31(38(20)19-43-14-15-45(3,4)5)24(12-13-35-30)25-16-28(42-2)26(34)17-27(25)44-18-21-6-7-21/h12-13,16-17,21-23,37H,6-11,14-15,18-19H2,1-5H3,(H,36,39)(H,40,41)/t22-,23-. The van der Waals surface area contributed by atoms with E-state index >= 15 is 0 Å². The summed E-state index contributed by atoms with van der Waals surface area (Å²) in [5.41, 5.74) is 3.78. The van der Waals surface area contributed by atoms with Crippen molar-refractivity contribution in [2.24, 2.45) is 5.92 Å². The number of carbonyl (C=O) groups is 2. The van der Waals surface area contributed by atoms with Gasteiger partial charge in [-0.15, -0.1) is 0 Å². The van der Waals surface area contributed by atoms with Crippen LogP contribution < -0.4 is 20.1 Å². The molecule has 3 N–H and O–H groups in total. The fraction of sp³-hybridized carbons (Fsp3) is 0.545. The van der Waals surface area contributed by atoms with E-state index in [0.717, 1.165) is 24.4 Å². The first-order valence-electron chi connectivity index (χ1n) is 15.8. The summed E-state index contributed by atoms with van der Waals surface area (Å²) in [6, 6.07) is 5.68. The maximum absolute atomic E-state index is 14.9. The number of rotatable bonds is 13. The lowest BCUT2D eigenvalue weighted by molar-refractivity contribution is 0.0878. The lowest BCUT2D eigenvalue weighted by Gasteiger charge is -2.28. The summed E-state index contributed by atoms with van der Waals surface area (Å²) in [6.07, 6.45) is 5.48. The second kappa shape index (κ2) is 13.8. The molecule has 244 valence electrons. The number of amides is 2. The fourth-order valence-electron chi connectivity index (χ4n) is 5.90. The second-order valence-electron chi connectivity index (χ2n) is 13.5. The number of nitrogens with zero attached hydrogens (tertiary/aromatic N) is 2. The zero-order chi connectivity index (χ0) is 32.3. The van der Waals surface area contributed by atoms with Crippen molar-refractivity contribution in [3.8, 4) is 22.6 Å². The van der Waals surface area contributed by atoms with Crippen LogP contribution in [0.15, 0.2) is 24.4 Å². The Kier molecular flexibility index (Phi) is 10.0. The maximum atomic E-state index is 14.9. The van der Waals surface area contributed by atoms with E-state index in [0.29, 0.717) is 78.4 Å². The Morgan fingerprint density at radius 1 is 1.04 bits per heavy atom. The summed E-state index contributed by atoms with van der Waals surface area (Å²) in [7, 11) is 0.104. The van der Waals surface area contributed by atoms with Crippen molar-refractivity contribution in [3.63, 3.8) is 0 Å². The fourth-order valence-corrected chi connectivity index (χ4v) is 6.65. The first-order chi connectivity index (χ1) is 21.4. The number of fused-ring (bicyclic) bond motifs is 1. The number of pyridine rings is 1. The molecule has 0 aliphatic heterocycles. The number of nitrogens with one attached hydrogen (secondary N) is 2. The molecule has 0 spiro atoms. The summed E-state index contributed by atoms with van der Waals surface area (Å²) >= 11 is 0. The van der Waals surface area contributed by atoms with Crippen LogP contribution in [0.25, 0.3) is 22.2 Å². The van der Waals surface area contributed by atoms with E-state index in [1.165, 1.54) is 13.2 Å². The van der Waals surface area contributed by atoms with E-state index in [2.05, 4.69) is 30.3 Å². The zero-order valence-corrected chi connectivity index (χ0v) is 27.9. The highest BCUT2D eigenvalue weighted by Gasteiger charge is 2.29. The third-order valence-electron chi connectivity index (χ3n) is 8.75. The predicted octanol–water partition coefficient (Wildman–Crippen LogP) is 6.57. The largest absolute Gasteiger partial charge is 0.494 e. The molecule has 2 saturated carbocycles. The molecule has 10 nitrogen and oxygen atoms in total. The average molecular weight is 641 g/mol. The number of hydrogen-bond donors (Lipinski definition) is 3. The summed E-state index contributed by atoms with van der Waals surface area (Å²) in [6.45, 7) is 10.1. The lowest BCUT2D eigenvalue weighted by Crippen LogP contribution is -2.43. The third-order valence-corrected chi connectivity index (χ3v) is 10.5. The molecule has 0 unspecified atom stereocenters. The molecular formula is C33H45FN4O6Si. The molecule has 2 fully saturated rings. The number of ether oxygens (including phenoxy) is 3. The van der Waals surface area contributed by atoms with Gasteiger partial charge >= 0.3 is 6.09 Å². The number of hydrogen-bond acceptors (Lipinski definition) is 6. The SMILES string of the molecule is COc1cc(-c2ccnc3c(C(=O)N[C@H]4CC[C@H](NC(=O)O)CC4)c(C)n(COCC[Si](C)(C)C)c23)c(OCC2CC2)cc1F. The highest BCUT2D eigenvalue weighted by molar-refractivity contribution is 6.76. The molecule has 2 aliphatic carbocycles. The molecule has 2 amide bonds. The number of methoxy groups -OCH3 is 1. The molecule has 3 aromatic rings. The number of benzene rings is 1. The minimum atomic E-state index is -1.33. The Morgan fingerprint density at radius 3 is 2.36 bits per heavy atom. The zero-order valence-electron chi connectivity index (χ0n) is 26.9. The highest BCUT2D eigenvalue weighted by atomic mass is 28.3. The molecule has 12 heteroatoms. The van der Waals surface area contributed by atoms with E-state index < -0.39 is 20.0 Å². The Bertz CT molecular complexity index is 1540. The monoisotopic (exact) mass is 640 g/mol. The van der Waals surface area contributed by atoms with Crippen molar-refractivity contribution in [3.05, 3.63) is 41.5 Å². The van der Waals surface area contributed by atoms with Crippen LogP contribution in [0.5, 0.6) is 11.5 Å². The van der Waals surface area contributed by atoms with Crippen molar-refractivity contribution in [2.75, 3.05) is 20.3 Å². The van der Waals surface area contributed by atoms with Gasteiger partial charge in [0.05, 0.1) is 24.8 Å². The minimum Gasteiger partial charge on any atom is -0.494 e. The van der Waals surface area contributed by atoms with Gasteiger partial charge in [-0.1, -0.05) is 19.6 Å². The van der Waals surface area contributed by atoms with Crippen LogP contribution in [0.2, 0.25) is 25.7 Å². The second-order valence-corrected chi connectivity index (χ2v) is 19.1. The average Bonchev–Trinajstić information content (AvgIpc) is 3.76.